The smallest absolute Gasteiger partial charge is 0.408 e. The first-order valence-corrected chi connectivity index (χ1v) is 7.97. The summed E-state index contributed by atoms with van der Waals surface area (Å²) in [7, 11) is 0. The Kier molecular flexibility index (Phi) is 4.63. The summed E-state index contributed by atoms with van der Waals surface area (Å²) >= 11 is 0. The molecule has 0 spiro atoms. The summed E-state index contributed by atoms with van der Waals surface area (Å²) in [5, 5.41) is 0. The molecular weight excluding hydrogens is 290 g/mol. The highest BCUT2D eigenvalue weighted by atomic mass is 16.5. The van der Waals surface area contributed by atoms with Gasteiger partial charge in [0.05, 0.1) is 18.7 Å². The van der Waals surface area contributed by atoms with Crippen molar-refractivity contribution in [3.63, 3.8) is 0 Å². The van der Waals surface area contributed by atoms with Crippen molar-refractivity contribution in [3.05, 3.63) is 58.6 Å². The van der Waals surface area contributed by atoms with Gasteiger partial charge in [-0.1, -0.05) is 42.8 Å². The van der Waals surface area contributed by atoms with Crippen LogP contribution in [0.2, 0.25) is 0 Å². The lowest BCUT2D eigenvalue weighted by Gasteiger charge is -2.05. The highest BCUT2D eigenvalue weighted by Crippen LogP contribution is 2.24. The van der Waals surface area contributed by atoms with Crippen LogP contribution < -0.4 is 5.76 Å². The van der Waals surface area contributed by atoms with Gasteiger partial charge in [-0.05, 0) is 36.6 Å². The van der Waals surface area contributed by atoms with Crippen LogP contribution in [0.4, 0.5) is 0 Å². The van der Waals surface area contributed by atoms with Crippen LogP contribution >= 0.6 is 0 Å². The third-order valence-corrected chi connectivity index (χ3v) is 3.86. The summed E-state index contributed by atoms with van der Waals surface area (Å²) in [6, 6.07) is 14.2. The van der Waals surface area contributed by atoms with Gasteiger partial charge >= 0.3 is 5.76 Å². The molecule has 1 aromatic heterocycles. The van der Waals surface area contributed by atoms with E-state index in [0.717, 1.165) is 23.1 Å². The molecule has 120 valence electrons. The van der Waals surface area contributed by atoms with Crippen LogP contribution in [0.25, 0.3) is 22.2 Å². The Morgan fingerprint density at radius 2 is 1.78 bits per heavy atom. The van der Waals surface area contributed by atoms with Crippen LogP contribution in [0.5, 0.6) is 0 Å². The van der Waals surface area contributed by atoms with Crippen molar-refractivity contribution in [1.29, 1.82) is 0 Å². The number of hydrogen-bond acceptors (Lipinski definition) is 3. The van der Waals surface area contributed by atoms with Crippen molar-refractivity contribution in [2.75, 3.05) is 13.2 Å². The minimum absolute atomic E-state index is 0.332. The molecule has 3 rings (SSSR count). The molecule has 0 fully saturated rings. The highest BCUT2D eigenvalue weighted by molar-refractivity contribution is 5.80. The van der Waals surface area contributed by atoms with Crippen LogP contribution in [0.15, 0.2) is 51.7 Å². The maximum absolute atomic E-state index is 12.0. The van der Waals surface area contributed by atoms with Crippen molar-refractivity contribution in [2.24, 2.45) is 0 Å². The Bertz CT molecular complexity index is 843. The van der Waals surface area contributed by atoms with Crippen molar-refractivity contribution in [1.82, 2.24) is 4.57 Å². The number of nitrogens with zero attached hydrogens (tertiary/aromatic N) is 1. The zero-order valence-corrected chi connectivity index (χ0v) is 13.5. The molecule has 4 heteroatoms. The molecule has 0 atom stereocenters. The fraction of sp³-hybridized carbons (Fsp3) is 0.316. The minimum Gasteiger partial charge on any atom is -0.408 e. The van der Waals surface area contributed by atoms with Gasteiger partial charge in [-0.25, -0.2) is 4.79 Å². The lowest BCUT2D eigenvalue weighted by atomic mass is 10.0. The van der Waals surface area contributed by atoms with E-state index in [1.807, 2.05) is 18.2 Å². The van der Waals surface area contributed by atoms with E-state index in [9.17, 15) is 4.79 Å². The van der Waals surface area contributed by atoms with Crippen molar-refractivity contribution < 1.29 is 9.15 Å². The van der Waals surface area contributed by atoms with Crippen LogP contribution in [0, 0.1) is 6.92 Å². The van der Waals surface area contributed by atoms with E-state index in [-0.39, 0.29) is 5.76 Å². The first-order valence-electron chi connectivity index (χ1n) is 7.97. The van der Waals surface area contributed by atoms with Crippen molar-refractivity contribution in [3.8, 4) is 11.1 Å². The molecule has 0 radical (unpaired) electrons. The summed E-state index contributed by atoms with van der Waals surface area (Å²) in [5.41, 5.74) is 4.85. The van der Waals surface area contributed by atoms with Gasteiger partial charge in [0.15, 0.2) is 5.58 Å². The zero-order valence-electron chi connectivity index (χ0n) is 13.5. The second kappa shape index (κ2) is 6.84. The monoisotopic (exact) mass is 311 g/mol. The molecule has 0 saturated heterocycles. The summed E-state index contributed by atoms with van der Waals surface area (Å²) < 4.78 is 12.4. The van der Waals surface area contributed by atoms with E-state index >= 15 is 0 Å². The number of oxazole rings is 1. The van der Waals surface area contributed by atoms with Gasteiger partial charge < -0.3 is 9.15 Å². The third-order valence-electron chi connectivity index (χ3n) is 3.86. The molecule has 23 heavy (non-hydrogen) atoms. The van der Waals surface area contributed by atoms with E-state index in [1.54, 1.807) is 4.57 Å². The molecule has 0 aliphatic heterocycles. The van der Waals surface area contributed by atoms with E-state index in [2.05, 4.69) is 38.1 Å². The Morgan fingerprint density at radius 3 is 2.52 bits per heavy atom. The number of aromatic nitrogens is 1. The SMILES string of the molecule is CCCOCCn1c(=O)oc2ccc(-c3ccc(C)cc3)cc21. The first kappa shape index (κ1) is 15.6. The zero-order chi connectivity index (χ0) is 16.2. The molecular formula is C19H21NO3. The van der Waals surface area contributed by atoms with Gasteiger partial charge in [0, 0.05) is 6.61 Å². The fourth-order valence-corrected chi connectivity index (χ4v) is 2.60. The lowest BCUT2D eigenvalue weighted by molar-refractivity contribution is 0.126. The summed E-state index contributed by atoms with van der Waals surface area (Å²) in [6.45, 7) is 5.85. The maximum atomic E-state index is 12.0. The highest BCUT2D eigenvalue weighted by Gasteiger charge is 2.10. The van der Waals surface area contributed by atoms with Gasteiger partial charge in [0.1, 0.15) is 0 Å². The Hall–Kier alpha value is -2.33. The number of aryl methyl sites for hydroxylation is 1. The summed E-state index contributed by atoms with van der Waals surface area (Å²) in [6.07, 6.45) is 0.971. The predicted octanol–water partition coefficient (Wildman–Crippen LogP) is 4.00. The average molecular weight is 311 g/mol. The molecule has 0 amide bonds. The standard InChI is InChI=1S/C19H21NO3/c1-3-11-22-12-10-20-17-13-16(8-9-18(17)23-19(20)21)15-6-4-14(2)5-7-15/h4-9,13H,3,10-12H2,1-2H3. The number of ether oxygens (including phenoxy) is 1. The molecule has 3 aromatic rings. The summed E-state index contributed by atoms with van der Waals surface area (Å²) in [4.78, 5) is 12.0. The molecule has 0 saturated carbocycles. The molecule has 0 unspecified atom stereocenters. The second-order valence-electron chi connectivity index (χ2n) is 5.68. The van der Waals surface area contributed by atoms with Crippen LogP contribution in [0.1, 0.15) is 18.9 Å². The van der Waals surface area contributed by atoms with Gasteiger partial charge in [0.2, 0.25) is 0 Å². The lowest BCUT2D eigenvalue weighted by Crippen LogP contribution is -2.17. The van der Waals surface area contributed by atoms with E-state index in [1.165, 1.54) is 5.56 Å². The second-order valence-corrected chi connectivity index (χ2v) is 5.68. The van der Waals surface area contributed by atoms with Crippen LogP contribution in [0.3, 0.4) is 0 Å². The first-order chi connectivity index (χ1) is 11.2. The number of hydrogen-bond donors (Lipinski definition) is 0. The van der Waals surface area contributed by atoms with Gasteiger partial charge in [-0.3, -0.25) is 4.57 Å². The third kappa shape index (κ3) is 3.37. The van der Waals surface area contributed by atoms with Crippen LogP contribution in [-0.4, -0.2) is 17.8 Å². The minimum atomic E-state index is -0.332. The Balaban J connectivity index is 1.94. The molecule has 0 bridgehead atoms. The normalized spacial score (nSPS) is 11.2. The maximum Gasteiger partial charge on any atom is 0.420 e. The Labute approximate surface area is 135 Å². The average Bonchev–Trinajstić information content (AvgIpc) is 2.87. The van der Waals surface area contributed by atoms with Crippen molar-refractivity contribution in [2.45, 2.75) is 26.8 Å². The molecule has 0 N–H and O–H groups in total. The van der Waals surface area contributed by atoms with Gasteiger partial charge in [-0.2, -0.15) is 0 Å². The molecule has 1 heterocycles. The number of benzene rings is 2. The topological polar surface area (TPSA) is 44.4 Å². The molecule has 4 nitrogen and oxygen atoms in total. The van der Waals surface area contributed by atoms with Crippen LogP contribution in [-0.2, 0) is 11.3 Å². The predicted molar refractivity (Wildman–Crippen MR) is 91.8 cm³/mol. The van der Waals surface area contributed by atoms with E-state index in [4.69, 9.17) is 9.15 Å². The summed E-state index contributed by atoms with van der Waals surface area (Å²) in [5.74, 6) is -0.332. The number of rotatable bonds is 6. The Morgan fingerprint density at radius 1 is 1.04 bits per heavy atom. The van der Waals surface area contributed by atoms with Gasteiger partial charge in [0.25, 0.3) is 0 Å². The molecule has 2 aromatic carbocycles. The quantitative estimate of drug-likeness (QED) is 0.646. The fourth-order valence-electron chi connectivity index (χ4n) is 2.60. The van der Waals surface area contributed by atoms with E-state index in [0.29, 0.717) is 25.3 Å². The number of fused-ring (bicyclic) bond motifs is 1. The molecule has 0 aliphatic rings. The molecule has 0 aliphatic carbocycles. The van der Waals surface area contributed by atoms with Crippen molar-refractivity contribution >= 4 is 11.1 Å². The van der Waals surface area contributed by atoms with Gasteiger partial charge in [-0.15, -0.1) is 0 Å². The largest absolute Gasteiger partial charge is 0.420 e. The van der Waals surface area contributed by atoms with E-state index < -0.39 is 0 Å².